The Labute approximate surface area is 93.7 Å². The summed E-state index contributed by atoms with van der Waals surface area (Å²) in [5.74, 6) is 0. The van der Waals surface area contributed by atoms with Gasteiger partial charge in [0, 0.05) is 8.27 Å². The second-order valence-corrected chi connectivity index (χ2v) is 5.57. The van der Waals surface area contributed by atoms with Crippen molar-refractivity contribution < 1.29 is 0 Å². The lowest BCUT2D eigenvalue weighted by Crippen LogP contribution is -1.76. The summed E-state index contributed by atoms with van der Waals surface area (Å²) in [5.41, 5.74) is 1.32. The Balaban J connectivity index is 2.83. The highest BCUT2D eigenvalue weighted by Crippen LogP contribution is 2.31. The molecule has 2 aromatic rings. The van der Waals surface area contributed by atoms with Crippen molar-refractivity contribution in [3.63, 3.8) is 0 Å². The molecular formula is C9H6ClIS. The van der Waals surface area contributed by atoms with Crippen LogP contribution in [-0.2, 0) is 0 Å². The van der Waals surface area contributed by atoms with E-state index in [-0.39, 0.29) is 0 Å². The van der Waals surface area contributed by atoms with Crippen LogP contribution >= 0.6 is 45.5 Å². The molecule has 2 rings (SSSR count). The van der Waals surface area contributed by atoms with Crippen LogP contribution < -0.4 is 0 Å². The van der Waals surface area contributed by atoms with Crippen LogP contribution in [0.2, 0.25) is 4.34 Å². The Morgan fingerprint density at radius 2 is 2.08 bits per heavy atom. The maximum absolute atomic E-state index is 5.90. The predicted molar refractivity (Wildman–Crippen MR) is 64.3 cm³/mol. The van der Waals surface area contributed by atoms with Crippen molar-refractivity contribution in [2.45, 2.75) is 6.92 Å². The number of aryl methyl sites for hydroxylation is 1. The molecule has 0 saturated carbocycles. The number of hydrogen-bond donors (Lipinski definition) is 0. The van der Waals surface area contributed by atoms with E-state index in [9.17, 15) is 0 Å². The minimum Gasteiger partial charge on any atom is -0.123 e. The van der Waals surface area contributed by atoms with Crippen LogP contribution in [0.25, 0.3) is 10.1 Å². The highest BCUT2D eigenvalue weighted by Gasteiger charge is 2.02. The Kier molecular flexibility index (Phi) is 2.31. The molecule has 12 heavy (non-hydrogen) atoms. The van der Waals surface area contributed by atoms with Crippen molar-refractivity contribution in [2.24, 2.45) is 0 Å². The van der Waals surface area contributed by atoms with Crippen LogP contribution in [0.5, 0.6) is 0 Å². The number of rotatable bonds is 0. The molecule has 0 nitrogen and oxygen atoms in total. The standard InChI is InChI=1S/C9H6ClIS/c1-5-2-8-6(3-7(5)11)4-9(10)12-8/h2-4H,1H3. The van der Waals surface area contributed by atoms with Gasteiger partial charge in [0.1, 0.15) is 0 Å². The third-order valence-electron chi connectivity index (χ3n) is 1.77. The molecular weight excluding hydrogens is 303 g/mol. The van der Waals surface area contributed by atoms with Gasteiger partial charge in [0.2, 0.25) is 0 Å². The fourth-order valence-electron chi connectivity index (χ4n) is 1.13. The average Bonchev–Trinajstić information content (AvgIpc) is 2.30. The number of hydrogen-bond acceptors (Lipinski definition) is 1. The Morgan fingerprint density at radius 1 is 1.33 bits per heavy atom. The maximum Gasteiger partial charge on any atom is 0.0940 e. The molecule has 0 aliphatic carbocycles. The quantitative estimate of drug-likeness (QED) is 0.630. The molecule has 0 N–H and O–H groups in total. The summed E-state index contributed by atoms with van der Waals surface area (Å²) in [6.45, 7) is 2.12. The van der Waals surface area contributed by atoms with E-state index >= 15 is 0 Å². The Bertz CT molecular complexity index is 394. The van der Waals surface area contributed by atoms with E-state index in [0.29, 0.717) is 0 Å². The molecule has 0 saturated heterocycles. The molecule has 62 valence electrons. The first-order valence-electron chi connectivity index (χ1n) is 3.52. The van der Waals surface area contributed by atoms with Gasteiger partial charge in [-0.3, -0.25) is 0 Å². The molecule has 0 aliphatic heterocycles. The van der Waals surface area contributed by atoms with Crippen molar-refractivity contribution in [2.75, 3.05) is 0 Å². The number of thiophene rings is 1. The van der Waals surface area contributed by atoms with Gasteiger partial charge in [-0.25, -0.2) is 0 Å². The number of halogens is 2. The number of fused-ring (bicyclic) bond motifs is 1. The zero-order chi connectivity index (χ0) is 8.72. The predicted octanol–water partition coefficient (Wildman–Crippen LogP) is 4.47. The van der Waals surface area contributed by atoms with Gasteiger partial charge in [-0.2, -0.15) is 0 Å². The van der Waals surface area contributed by atoms with Gasteiger partial charge in [0.15, 0.2) is 0 Å². The molecule has 1 aromatic carbocycles. The van der Waals surface area contributed by atoms with Crippen LogP contribution in [0.1, 0.15) is 5.56 Å². The molecule has 0 radical (unpaired) electrons. The van der Waals surface area contributed by atoms with Crippen LogP contribution in [0, 0.1) is 10.5 Å². The first kappa shape index (κ1) is 8.78. The van der Waals surface area contributed by atoms with E-state index in [1.165, 1.54) is 19.2 Å². The van der Waals surface area contributed by atoms with E-state index in [1.54, 1.807) is 11.3 Å². The lowest BCUT2D eigenvalue weighted by Gasteiger charge is -1.96. The second-order valence-electron chi connectivity index (χ2n) is 2.69. The summed E-state index contributed by atoms with van der Waals surface area (Å²) >= 11 is 9.88. The topological polar surface area (TPSA) is 0 Å². The monoisotopic (exact) mass is 308 g/mol. The molecule has 0 unspecified atom stereocenters. The summed E-state index contributed by atoms with van der Waals surface area (Å²) in [6.07, 6.45) is 0. The zero-order valence-corrected chi connectivity index (χ0v) is 10.1. The van der Waals surface area contributed by atoms with Crippen molar-refractivity contribution in [3.05, 3.63) is 31.7 Å². The Hall–Kier alpha value is 0.200. The minimum absolute atomic E-state index is 0.867. The van der Waals surface area contributed by atoms with Crippen LogP contribution in [0.4, 0.5) is 0 Å². The summed E-state index contributed by atoms with van der Waals surface area (Å²) in [6, 6.07) is 6.38. The second kappa shape index (κ2) is 3.16. The fraction of sp³-hybridized carbons (Fsp3) is 0.111. The zero-order valence-electron chi connectivity index (χ0n) is 6.40. The van der Waals surface area contributed by atoms with Crippen molar-refractivity contribution in [1.29, 1.82) is 0 Å². The highest BCUT2D eigenvalue weighted by atomic mass is 127. The third-order valence-corrected chi connectivity index (χ3v) is 4.16. The molecule has 0 amide bonds. The first-order chi connectivity index (χ1) is 5.66. The molecule has 0 atom stereocenters. The van der Waals surface area contributed by atoms with E-state index < -0.39 is 0 Å². The van der Waals surface area contributed by atoms with Gasteiger partial charge in [0.25, 0.3) is 0 Å². The third kappa shape index (κ3) is 1.47. The first-order valence-corrected chi connectivity index (χ1v) is 5.79. The van der Waals surface area contributed by atoms with E-state index in [1.807, 2.05) is 6.07 Å². The summed E-state index contributed by atoms with van der Waals surface area (Å²) < 4.78 is 3.44. The van der Waals surface area contributed by atoms with Crippen molar-refractivity contribution >= 4 is 55.6 Å². The fourth-order valence-corrected chi connectivity index (χ4v) is 2.85. The van der Waals surface area contributed by atoms with E-state index in [4.69, 9.17) is 11.6 Å². The molecule has 0 spiro atoms. The summed E-state index contributed by atoms with van der Waals surface area (Å²) in [7, 11) is 0. The van der Waals surface area contributed by atoms with E-state index in [0.717, 1.165) is 4.34 Å². The van der Waals surface area contributed by atoms with Gasteiger partial charge in [-0.15, -0.1) is 11.3 Å². The van der Waals surface area contributed by atoms with Crippen molar-refractivity contribution in [3.8, 4) is 0 Å². The van der Waals surface area contributed by atoms with E-state index in [2.05, 4.69) is 41.6 Å². The van der Waals surface area contributed by atoms with Gasteiger partial charge in [0.05, 0.1) is 4.34 Å². The van der Waals surface area contributed by atoms with Crippen LogP contribution in [0.15, 0.2) is 18.2 Å². The lowest BCUT2D eigenvalue weighted by atomic mass is 10.2. The van der Waals surface area contributed by atoms with Gasteiger partial charge in [-0.1, -0.05) is 11.6 Å². The molecule has 3 heteroatoms. The molecule has 0 bridgehead atoms. The summed E-state index contributed by atoms with van der Waals surface area (Å²) in [5, 5.41) is 1.25. The van der Waals surface area contributed by atoms with Crippen LogP contribution in [0.3, 0.4) is 0 Å². The van der Waals surface area contributed by atoms with Crippen molar-refractivity contribution in [1.82, 2.24) is 0 Å². The smallest absolute Gasteiger partial charge is 0.0940 e. The maximum atomic E-state index is 5.90. The molecule has 1 heterocycles. The molecule has 0 fully saturated rings. The number of benzene rings is 1. The van der Waals surface area contributed by atoms with Gasteiger partial charge < -0.3 is 0 Å². The molecule has 0 aliphatic rings. The lowest BCUT2D eigenvalue weighted by molar-refractivity contribution is 1.47. The van der Waals surface area contributed by atoms with Crippen LogP contribution in [-0.4, -0.2) is 0 Å². The minimum atomic E-state index is 0.867. The van der Waals surface area contributed by atoms with Gasteiger partial charge >= 0.3 is 0 Å². The largest absolute Gasteiger partial charge is 0.123 e. The Morgan fingerprint density at radius 3 is 2.83 bits per heavy atom. The van der Waals surface area contributed by atoms with Gasteiger partial charge in [-0.05, 0) is 58.7 Å². The highest BCUT2D eigenvalue weighted by molar-refractivity contribution is 14.1. The summed E-state index contributed by atoms with van der Waals surface area (Å²) in [4.78, 5) is 0. The normalized spacial score (nSPS) is 10.9. The molecule has 1 aromatic heterocycles. The average molecular weight is 309 g/mol. The SMILES string of the molecule is Cc1cc2sc(Cl)cc2cc1I.